The summed E-state index contributed by atoms with van der Waals surface area (Å²) in [6.07, 6.45) is 3.89. The molecule has 2 amide bonds. The van der Waals surface area contributed by atoms with Crippen LogP contribution in [0.5, 0.6) is 0 Å². The smallest absolute Gasteiger partial charge is 0.335 e. The molecule has 0 saturated carbocycles. The van der Waals surface area contributed by atoms with Crippen molar-refractivity contribution in [3.8, 4) is 0 Å². The predicted octanol–water partition coefficient (Wildman–Crippen LogP) is 3.88. The van der Waals surface area contributed by atoms with Crippen molar-refractivity contribution in [1.82, 2.24) is 15.1 Å². The zero-order valence-corrected chi connectivity index (χ0v) is 25.5. The normalized spacial score (nSPS) is 22.0. The quantitative estimate of drug-likeness (QED) is 0.373. The molecule has 3 saturated heterocycles. The Hall–Kier alpha value is -2.98. The number of halogens is 1. The van der Waals surface area contributed by atoms with Crippen LogP contribution in [0, 0.1) is 5.92 Å². The number of nitrogens with one attached hydrogen (secondary N) is 1. The molecule has 3 aliphatic heterocycles. The minimum atomic E-state index is -1.00. The summed E-state index contributed by atoms with van der Waals surface area (Å²) in [5, 5.41) is 23.7. The van der Waals surface area contributed by atoms with Gasteiger partial charge in [0, 0.05) is 44.4 Å². The molecule has 2 aromatic carbocycles. The third-order valence-corrected chi connectivity index (χ3v) is 9.74. The first-order valence-corrected chi connectivity index (χ1v) is 15.8. The average molecular weight is 612 g/mol. The second-order valence-electron chi connectivity index (χ2n) is 12.1. The summed E-state index contributed by atoms with van der Waals surface area (Å²) in [6.45, 7) is 5.83. The van der Waals surface area contributed by atoms with Gasteiger partial charge in [-0.3, -0.25) is 14.5 Å². The Kier molecular flexibility index (Phi) is 10.1. The van der Waals surface area contributed by atoms with E-state index in [9.17, 15) is 19.5 Å². The van der Waals surface area contributed by atoms with E-state index in [1.807, 2.05) is 0 Å². The van der Waals surface area contributed by atoms with E-state index < -0.39 is 23.7 Å². The van der Waals surface area contributed by atoms with E-state index in [0.29, 0.717) is 70.0 Å². The van der Waals surface area contributed by atoms with Crippen LogP contribution in [0.3, 0.4) is 0 Å². The SMILES string of the molecule is CCCCN1C(=O)[C@@H]([C@H](O)C2CCOCC2)NC(=O)C12CCN(Cc1ccc(Cc3ccc(C(=O)O)cc3Cl)cc1)CC2. The summed E-state index contributed by atoms with van der Waals surface area (Å²) in [6, 6.07) is 12.2. The number of ether oxygens (including phenoxy) is 1. The molecule has 3 fully saturated rings. The van der Waals surface area contributed by atoms with Crippen molar-refractivity contribution in [3.63, 3.8) is 0 Å². The van der Waals surface area contributed by atoms with Crippen LogP contribution in [-0.4, -0.2) is 88.3 Å². The number of amides is 2. The Balaban J connectivity index is 1.21. The van der Waals surface area contributed by atoms with Crippen molar-refractivity contribution < 1.29 is 29.3 Å². The number of nitrogens with zero attached hydrogens (tertiary/aromatic N) is 2. The molecule has 0 aliphatic carbocycles. The highest BCUT2D eigenvalue weighted by atomic mass is 35.5. The number of benzene rings is 2. The average Bonchev–Trinajstić information content (AvgIpc) is 3.02. The Morgan fingerprint density at radius 3 is 2.40 bits per heavy atom. The van der Waals surface area contributed by atoms with Crippen molar-refractivity contribution in [2.24, 2.45) is 5.92 Å². The summed E-state index contributed by atoms with van der Waals surface area (Å²) in [5.41, 5.74) is 2.39. The number of hydrogen-bond acceptors (Lipinski definition) is 6. The largest absolute Gasteiger partial charge is 0.478 e. The number of aliphatic hydroxyl groups excluding tert-OH is 1. The number of piperidine rings is 1. The highest BCUT2D eigenvalue weighted by molar-refractivity contribution is 6.31. The van der Waals surface area contributed by atoms with Gasteiger partial charge < -0.3 is 25.2 Å². The first kappa shape index (κ1) is 31.4. The van der Waals surface area contributed by atoms with Crippen LogP contribution in [0.4, 0.5) is 0 Å². The van der Waals surface area contributed by atoms with E-state index in [4.69, 9.17) is 21.4 Å². The molecule has 1 spiro atoms. The van der Waals surface area contributed by atoms with Gasteiger partial charge in [0.1, 0.15) is 11.6 Å². The summed E-state index contributed by atoms with van der Waals surface area (Å²) < 4.78 is 5.43. The Morgan fingerprint density at radius 2 is 1.77 bits per heavy atom. The summed E-state index contributed by atoms with van der Waals surface area (Å²) in [5.74, 6) is -1.36. The molecule has 5 rings (SSSR count). The standard InChI is InChI=1S/C33H42ClN3O6/c1-2-3-14-37-30(39)28(29(38)24-10-17-43-18-11-24)35-32(42)33(37)12-15-36(16-13-33)21-23-6-4-22(5-7-23)19-25-8-9-26(31(40)41)20-27(25)34/h4-9,20,24,28-29,38H,2-3,10-19,21H2,1H3,(H,35,42)(H,40,41)/t28-,29-/m1/s1. The van der Waals surface area contributed by atoms with Gasteiger partial charge in [-0.15, -0.1) is 0 Å². The highest BCUT2D eigenvalue weighted by Crippen LogP contribution is 2.35. The van der Waals surface area contributed by atoms with Crippen LogP contribution < -0.4 is 5.32 Å². The lowest BCUT2D eigenvalue weighted by Gasteiger charge is -2.52. The fraction of sp³-hybridized carbons (Fsp3) is 0.545. The second kappa shape index (κ2) is 13.8. The molecule has 3 N–H and O–H groups in total. The number of rotatable bonds is 10. The number of carbonyl (C=O) groups is 3. The molecule has 9 nitrogen and oxygen atoms in total. The third-order valence-electron chi connectivity index (χ3n) is 9.39. The van der Waals surface area contributed by atoms with Crippen molar-refractivity contribution in [2.75, 3.05) is 32.8 Å². The minimum absolute atomic E-state index is 0.0622. The van der Waals surface area contributed by atoms with Gasteiger partial charge in [-0.25, -0.2) is 4.79 Å². The van der Waals surface area contributed by atoms with Gasteiger partial charge in [0.25, 0.3) is 0 Å². The fourth-order valence-corrected chi connectivity index (χ4v) is 6.93. The molecule has 2 aromatic rings. The van der Waals surface area contributed by atoms with Gasteiger partial charge in [-0.2, -0.15) is 0 Å². The molecule has 3 heterocycles. The Morgan fingerprint density at radius 1 is 1.09 bits per heavy atom. The first-order chi connectivity index (χ1) is 20.7. The molecular formula is C33H42ClN3O6. The summed E-state index contributed by atoms with van der Waals surface area (Å²) >= 11 is 6.32. The van der Waals surface area contributed by atoms with E-state index in [1.165, 1.54) is 6.07 Å². The maximum atomic E-state index is 13.8. The number of likely N-dealkylation sites (tertiary alicyclic amines) is 1. The van der Waals surface area contributed by atoms with Crippen molar-refractivity contribution in [3.05, 3.63) is 69.7 Å². The molecule has 232 valence electrons. The zero-order chi connectivity index (χ0) is 30.6. The van der Waals surface area contributed by atoms with E-state index in [-0.39, 0.29) is 23.3 Å². The van der Waals surface area contributed by atoms with Gasteiger partial charge in [0.05, 0.1) is 11.7 Å². The number of unbranched alkanes of at least 4 members (excludes halogenated alkanes) is 1. The zero-order valence-electron chi connectivity index (χ0n) is 24.8. The Bertz CT molecular complexity index is 1300. The van der Waals surface area contributed by atoms with Gasteiger partial charge in [0.2, 0.25) is 11.8 Å². The van der Waals surface area contributed by atoms with E-state index in [2.05, 4.69) is 41.4 Å². The maximum absolute atomic E-state index is 13.8. The number of aliphatic hydroxyl groups is 1. The number of carboxylic acids is 1. The predicted molar refractivity (Wildman–Crippen MR) is 163 cm³/mol. The fourth-order valence-electron chi connectivity index (χ4n) is 6.68. The maximum Gasteiger partial charge on any atom is 0.335 e. The Labute approximate surface area is 258 Å². The topological polar surface area (TPSA) is 119 Å². The van der Waals surface area contributed by atoms with Gasteiger partial charge in [-0.1, -0.05) is 55.3 Å². The lowest BCUT2D eigenvalue weighted by atomic mass is 9.79. The van der Waals surface area contributed by atoms with Crippen molar-refractivity contribution in [2.45, 2.75) is 76.1 Å². The van der Waals surface area contributed by atoms with E-state index in [0.717, 1.165) is 36.1 Å². The lowest BCUT2D eigenvalue weighted by molar-refractivity contribution is -0.166. The molecular weight excluding hydrogens is 570 g/mol. The third kappa shape index (κ3) is 6.90. The van der Waals surface area contributed by atoms with Crippen LogP contribution >= 0.6 is 11.6 Å². The number of hydrogen-bond donors (Lipinski definition) is 3. The summed E-state index contributed by atoms with van der Waals surface area (Å²) in [4.78, 5) is 42.8. The summed E-state index contributed by atoms with van der Waals surface area (Å²) in [7, 11) is 0. The van der Waals surface area contributed by atoms with Gasteiger partial charge >= 0.3 is 5.97 Å². The molecule has 0 bridgehead atoms. The van der Waals surface area contributed by atoms with E-state index >= 15 is 0 Å². The highest BCUT2D eigenvalue weighted by Gasteiger charge is 2.55. The molecule has 43 heavy (non-hydrogen) atoms. The molecule has 2 atom stereocenters. The molecule has 10 heteroatoms. The van der Waals surface area contributed by atoms with Crippen molar-refractivity contribution >= 4 is 29.4 Å². The number of piperazine rings is 1. The first-order valence-electron chi connectivity index (χ1n) is 15.4. The van der Waals surface area contributed by atoms with Crippen LogP contribution in [0.2, 0.25) is 5.02 Å². The van der Waals surface area contributed by atoms with Gasteiger partial charge in [0.15, 0.2) is 0 Å². The second-order valence-corrected chi connectivity index (χ2v) is 12.6. The molecule has 3 aliphatic rings. The van der Waals surface area contributed by atoms with Crippen LogP contribution in [0.25, 0.3) is 0 Å². The molecule has 0 radical (unpaired) electrons. The molecule has 0 aromatic heterocycles. The monoisotopic (exact) mass is 611 g/mol. The van der Waals surface area contributed by atoms with Crippen molar-refractivity contribution in [1.29, 1.82) is 0 Å². The lowest BCUT2D eigenvalue weighted by Crippen LogP contribution is -2.75. The van der Waals surface area contributed by atoms with E-state index in [1.54, 1.807) is 17.0 Å². The van der Waals surface area contributed by atoms with Crippen LogP contribution in [0.1, 0.15) is 72.5 Å². The minimum Gasteiger partial charge on any atom is -0.478 e. The number of carboxylic acid groups (broad SMARTS) is 1. The number of aromatic carboxylic acids is 1. The number of carbonyl (C=O) groups excluding carboxylic acids is 2. The van der Waals surface area contributed by atoms with Crippen LogP contribution in [-0.2, 0) is 27.3 Å². The van der Waals surface area contributed by atoms with Gasteiger partial charge in [-0.05, 0) is 73.3 Å². The molecule has 0 unspecified atom stereocenters. The van der Waals surface area contributed by atoms with Crippen LogP contribution in [0.15, 0.2) is 42.5 Å².